The van der Waals surface area contributed by atoms with Gasteiger partial charge in [-0.3, -0.25) is 0 Å². The lowest BCUT2D eigenvalue weighted by Crippen LogP contribution is -2.53. The van der Waals surface area contributed by atoms with Crippen LogP contribution >= 0.6 is 31.9 Å². The summed E-state index contributed by atoms with van der Waals surface area (Å²) in [6.07, 6.45) is 6.98. The summed E-state index contributed by atoms with van der Waals surface area (Å²) in [5.41, 5.74) is 2.46. The third kappa shape index (κ3) is 1.99. The average molecular weight is 376 g/mol. The highest BCUT2D eigenvalue weighted by Crippen LogP contribution is 2.60. The molecule has 0 aromatic heterocycles. The van der Waals surface area contributed by atoms with Crippen molar-refractivity contribution in [1.82, 2.24) is 0 Å². The molecule has 0 aromatic rings. The highest BCUT2D eigenvalue weighted by molar-refractivity contribution is 9.11. The van der Waals surface area contributed by atoms with Crippen LogP contribution in [0.25, 0.3) is 0 Å². The van der Waals surface area contributed by atoms with Crippen LogP contribution in [0.5, 0.6) is 0 Å². The molecule has 0 radical (unpaired) electrons. The molecule has 0 unspecified atom stereocenters. The van der Waals surface area contributed by atoms with Crippen molar-refractivity contribution in [3.8, 4) is 0 Å². The fourth-order valence-corrected chi connectivity index (χ4v) is 4.38. The molecule has 0 amide bonds. The molecule has 1 saturated carbocycles. The molecule has 3 heteroatoms. The monoisotopic (exact) mass is 374 g/mol. The molecule has 2 aliphatic rings. The maximum Gasteiger partial charge on any atom is 0.0708 e. The van der Waals surface area contributed by atoms with Crippen molar-refractivity contribution in [2.24, 2.45) is 10.8 Å². The Morgan fingerprint density at radius 3 is 2.67 bits per heavy atom. The van der Waals surface area contributed by atoms with Crippen LogP contribution in [-0.2, 0) is 0 Å². The normalized spacial score (nSPS) is 41.6. The summed E-state index contributed by atoms with van der Waals surface area (Å²) in [5.74, 6) is 0. The number of hydrogen-bond donors (Lipinski definition) is 1. The zero-order valence-corrected chi connectivity index (χ0v) is 14.1. The Morgan fingerprint density at radius 1 is 1.50 bits per heavy atom. The second kappa shape index (κ2) is 4.92. The van der Waals surface area contributed by atoms with Gasteiger partial charge >= 0.3 is 0 Å². The molecule has 0 aliphatic heterocycles. The van der Waals surface area contributed by atoms with E-state index < -0.39 is 0 Å². The molecule has 2 aliphatic carbocycles. The van der Waals surface area contributed by atoms with Gasteiger partial charge in [0.2, 0.25) is 0 Å². The molecule has 0 saturated heterocycles. The number of rotatable bonds is 0. The Morgan fingerprint density at radius 2 is 2.17 bits per heavy atom. The maximum absolute atomic E-state index is 10.1. The van der Waals surface area contributed by atoms with E-state index in [-0.39, 0.29) is 21.8 Å². The van der Waals surface area contributed by atoms with Crippen molar-refractivity contribution in [3.63, 3.8) is 0 Å². The van der Waals surface area contributed by atoms with Crippen molar-refractivity contribution >= 4 is 31.9 Å². The van der Waals surface area contributed by atoms with Gasteiger partial charge in [0.15, 0.2) is 0 Å². The first-order valence-corrected chi connectivity index (χ1v) is 8.17. The summed E-state index contributed by atoms with van der Waals surface area (Å²) in [7, 11) is 0. The summed E-state index contributed by atoms with van der Waals surface area (Å²) in [6, 6.07) is 0. The van der Waals surface area contributed by atoms with Crippen LogP contribution in [0.1, 0.15) is 33.1 Å². The minimum atomic E-state index is -0.334. The molecule has 0 aromatic carbocycles. The summed E-state index contributed by atoms with van der Waals surface area (Å²) in [5, 5.41) is 10.1. The van der Waals surface area contributed by atoms with Crippen molar-refractivity contribution in [2.75, 3.05) is 0 Å². The fourth-order valence-electron chi connectivity index (χ4n) is 3.40. The van der Waals surface area contributed by atoms with Crippen molar-refractivity contribution in [2.45, 2.75) is 44.0 Å². The number of alkyl halides is 1. The van der Waals surface area contributed by atoms with Crippen molar-refractivity contribution in [1.29, 1.82) is 0 Å². The zero-order valence-electron chi connectivity index (χ0n) is 10.9. The third-order valence-corrected chi connectivity index (χ3v) is 7.14. The van der Waals surface area contributed by atoms with Gasteiger partial charge in [-0.25, -0.2) is 0 Å². The van der Waals surface area contributed by atoms with Crippen LogP contribution in [0.4, 0.5) is 0 Å². The number of halogens is 2. The first-order chi connectivity index (χ1) is 8.35. The molecular formula is C15H20Br2O. The standard InChI is InChI=1S/C15H20Br2O/c1-10-8-12(18)13(17)14(2,3)15(10)6-4-11(9-16)5-7-15/h4,6,9,12-13,18H,1,5,7-8H2,2-3H3/b11-9-/t12-,13-,15+/m0/s1. The van der Waals surface area contributed by atoms with Gasteiger partial charge in [-0.15, -0.1) is 0 Å². The molecule has 2 rings (SSSR count). The van der Waals surface area contributed by atoms with E-state index in [1.54, 1.807) is 0 Å². The molecule has 1 fully saturated rings. The van der Waals surface area contributed by atoms with Gasteiger partial charge in [-0.05, 0) is 35.2 Å². The first kappa shape index (κ1) is 14.5. The molecule has 1 nitrogen and oxygen atoms in total. The van der Waals surface area contributed by atoms with Crippen LogP contribution in [0, 0.1) is 10.8 Å². The molecule has 1 spiro atoms. The summed E-state index contributed by atoms with van der Waals surface area (Å²) in [6.45, 7) is 8.72. The van der Waals surface area contributed by atoms with Crippen LogP contribution in [0.3, 0.4) is 0 Å². The van der Waals surface area contributed by atoms with Gasteiger partial charge in [0, 0.05) is 10.2 Å². The predicted molar refractivity (Wildman–Crippen MR) is 84.1 cm³/mol. The van der Waals surface area contributed by atoms with Crippen LogP contribution < -0.4 is 0 Å². The Labute approximate surface area is 126 Å². The first-order valence-electron chi connectivity index (χ1n) is 6.34. The topological polar surface area (TPSA) is 20.2 Å². The minimum Gasteiger partial charge on any atom is -0.392 e. The van der Waals surface area contributed by atoms with E-state index >= 15 is 0 Å². The van der Waals surface area contributed by atoms with Gasteiger partial charge in [0.05, 0.1) is 6.10 Å². The largest absolute Gasteiger partial charge is 0.392 e. The van der Waals surface area contributed by atoms with Crippen molar-refractivity contribution in [3.05, 3.63) is 34.9 Å². The highest BCUT2D eigenvalue weighted by Gasteiger charge is 2.54. The van der Waals surface area contributed by atoms with Gasteiger partial charge < -0.3 is 5.11 Å². The molecule has 100 valence electrons. The van der Waals surface area contributed by atoms with E-state index in [1.807, 2.05) is 4.99 Å². The lowest BCUT2D eigenvalue weighted by Gasteiger charge is -2.55. The molecule has 1 N–H and O–H groups in total. The average Bonchev–Trinajstić information content (AvgIpc) is 2.35. The Bertz CT molecular complexity index is 422. The Balaban J connectivity index is 2.45. The lowest BCUT2D eigenvalue weighted by atomic mass is 9.52. The fraction of sp³-hybridized carbons (Fsp3) is 0.600. The number of hydrogen-bond acceptors (Lipinski definition) is 1. The van der Waals surface area contributed by atoms with E-state index in [2.05, 4.69) is 64.4 Å². The number of aliphatic hydroxyl groups excluding tert-OH is 1. The van der Waals surface area contributed by atoms with Crippen LogP contribution in [0.2, 0.25) is 0 Å². The Kier molecular flexibility index (Phi) is 3.97. The molecule has 18 heavy (non-hydrogen) atoms. The lowest BCUT2D eigenvalue weighted by molar-refractivity contribution is 0.0288. The van der Waals surface area contributed by atoms with Gasteiger partial charge in [0.1, 0.15) is 0 Å². The van der Waals surface area contributed by atoms with E-state index in [4.69, 9.17) is 0 Å². The van der Waals surface area contributed by atoms with Crippen LogP contribution in [0.15, 0.2) is 34.9 Å². The maximum atomic E-state index is 10.1. The summed E-state index contributed by atoms with van der Waals surface area (Å²) < 4.78 is 0. The highest BCUT2D eigenvalue weighted by atomic mass is 79.9. The molecule has 0 heterocycles. The van der Waals surface area contributed by atoms with E-state index in [9.17, 15) is 5.11 Å². The SMILES string of the molecule is C=C1C[C@H](O)[C@H](Br)C(C)(C)[C@@]12C=C/C(=C/Br)CC2. The smallest absolute Gasteiger partial charge is 0.0708 e. The van der Waals surface area contributed by atoms with Gasteiger partial charge in [-0.2, -0.15) is 0 Å². The van der Waals surface area contributed by atoms with Crippen LogP contribution in [-0.4, -0.2) is 16.0 Å². The van der Waals surface area contributed by atoms with Crippen molar-refractivity contribution < 1.29 is 5.11 Å². The number of allylic oxidation sites excluding steroid dienone is 3. The molecule has 3 atom stereocenters. The van der Waals surface area contributed by atoms with Gasteiger partial charge in [0.25, 0.3) is 0 Å². The summed E-state index contributed by atoms with van der Waals surface area (Å²) >= 11 is 7.10. The van der Waals surface area contributed by atoms with E-state index in [1.165, 1.54) is 11.1 Å². The third-order valence-electron chi connectivity index (χ3n) is 4.79. The Hall–Kier alpha value is 0.140. The van der Waals surface area contributed by atoms with Gasteiger partial charge in [-0.1, -0.05) is 70.0 Å². The molecular weight excluding hydrogens is 356 g/mol. The van der Waals surface area contributed by atoms with E-state index in [0.717, 1.165) is 12.8 Å². The minimum absolute atomic E-state index is 0.0000926. The molecule has 0 bridgehead atoms. The summed E-state index contributed by atoms with van der Waals surface area (Å²) in [4.78, 5) is 2.10. The van der Waals surface area contributed by atoms with E-state index in [0.29, 0.717) is 6.42 Å². The predicted octanol–water partition coefficient (Wildman–Crippen LogP) is 4.71. The zero-order chi connectivity index (χ0) is 13.6. The quantitative estimate of drug-likeness (QED) is 0.480. The second-order valence-electron chi connectivity index (χ2n) is 5.99. The second-order valence-corrected chi connectivity index (χ2v) is 7.43. The number of aliphatic hydroxyl groups is 1.